The van der Waals surface area contributed by atoms with Crippen molar-refractivity contribution in [1.29, 1.82) is 0 Å². The number of nitrogens with one attached hydrogen (secondary N) is 1. The second-order valence-corrected chi connectivity index (χ2v) is 10.1. The zero-order chi connectivity index (χ0) is 24.3. The highest BCUT2D eigenvalue weighted by atomic mass is 32.2. The lowest BCUT2D eigenvalue weighted by Gasteiger charge is -2.35. The molecule has 0 spiro atoms. The first-order chi connectivity index (χ1) is 17.7. The second-order valence-electron chi connectivity index (χ2n) is 9.11. The third-order valence-corrected chi connectivity index (χ3v) is 7.66. The normalized spacial score (nSPS) is 14.5. The van der Waals surface area contributed by atoms with E-state index < -0.39 is 0 Å². The van der Waals surface area contributed by atoms with Crippen LogP contribution in [0.4, 0.5) is 0 Å². The van der Waals surface area contributed by atoms with Gasteiger partial charge in [-0.1, -0.05) is 60.3 Å². The smallest absolute Gasteiger partial charge is 0.253 e. The molecule has 3 heterocycles. The number of aromatic amines is 1. The highest BCUT2D eigenvalue weighted by Gasteiger charge is 2.22. The van der Waals surface area contributed by atoms with Gasteiger partial charge in [0.25, 0.3) is 5.91 Å². The number of aromatic nitrogens is 3. The first kappa shape index (κ1) is 22.8. The van der Waals surface area contributed by atoms with Gasteiger partial charge in [-0.3, -0.25) is 14.7 Å². The maximum atomic E-state index is 13.1. The average molecular weight is 494 g/mol. The molecule has 0 radical (unpaired) electrons. The molecule has 0 unspecified atom stereocenters. The summed E-state index contributed by atoms with van der Waals surface area (Å²) < 4.78 is 0. The van der Waals surface area contributed by atoms with E-state index in [2.05, 4.69) is 44.1 Å². The van der Waals surface area contributed by atoms with Crippen LogP contribution in [0.2, 0.25) is 0 Å². The zero-order valence-corrected chi connectivity index (χ0v) is 20.7. The standard InChI is InChI=1S/C29H27N5OS/c35-28(23-12-10-21(11-13-23)20-36-29-31-25-8-1-2-9-26(25)32-29)34-17-15-33(16-18-34)19-24-6-3-5-22-7-4-14-30-27(22)24/h1-14H,15-20H2,(H,31,32). The lowest BCUT2D eigenvalue weighted by Crippen LogP contribution is -2.48. The largest absolute Gasteiger partial charge is 0.336 e. The molecule has 0 saturated carbocycles. The first-order valence-electron chi connectivity index (χ1n) is 12.2. The molecule has 5 aromatic rings. The third kappa shape index (κ3) is 4.85. The van der Waals surface area contributed by atoms with Crippen molar-refractivity contribution in [3.63, 3.8) is 0 Å². The van der Waals surface area contributed by atoms with Gasteiger partial charge >= 0.3 is 0 Å². The Labute approximate surface area is 214 Å². The summed E-state index contributed by atoms with van der Waals surface area (Å²) in [7, 11) is 0. The molecule has 2 aromatic heterocycles. The number of nitrogens with zero attached hydrogens (tertiary/aromatic N) is 4. The van der Waals surface area contributed by atoms with Crippen LogP contribution in [0.15, 0.2) is 90.2 Å². The van der Waals surface area contributed by atoms with Crippen LogP contribution in [0.3, 0.4) is 0 Å². The predicted molar refractivity (Wildman–Crippen MR) is 145 cm³/mol. The molecule has 180 valence electrons. The van der Waals surface area contributed by atoms with Gasteiger partial charge in [0.2, 0.25) is 0 Å². The van der Waals surface area contributed by atoms with Gasteiger partial charge in [0.1, 0.15) is 0 Å². The lowest BCUT2D eigenvalue weighted by molar-refractivity contribution is 0.0629. The molecule has 1 amide bonds. The van der Waals surface area contributed by atoms with E-state index in [4.69, 9.17) is 0 Å². The monoisotopic (exact) mass is 493 g/mol. The van der Waals surface area contributed by atoms with Crippen molar-refractivity contribution in [2.24, 2.45) is 0 Å². The summed E-state index contributed by atoms with van der Waals surface area (Å²) >= 11 is 1.67. The molecule has 7 heteroatoms. The number of hydrogen-bond donors (Lipinski definition) is 1. The molecule has 6 nitrogen and oxygen atoms in total. The average Bonchev–Trinajstić information content (AvgIpc) is 3.36. The topological polar surface area (TPSA) is 65.1 Å². The van der Waals surface area contributed by atoms with Gasteiger partial charge in [-0.25, -0.2) is 4.98 Å². The van der Waals surface area contributed by atoms with E-state index in [1.54, 1.807) is 11.8 Å². The number of imidazole rings is 1. The van der Waals surface area contributed by atoms with E-state index in [0.717, 1.165) is 65.7 Å². The summed E-state index contributed by atoms with van der Waals surface area (Å²) in [5.41, 5.74) is 6.26. The number of carbonyl (C=O) groups excluding carboxylic acids is 1. The number of amides is 1. The number of hydrogen-bond acceptors (Lipinski definition) is 5. The van der Waals surface area contributed by atoms with Crippen molar-refractivity contribution in [3.05, 3.63) is 102 Å². The van der Waals surface area contributed by atoms with E-state index in [1.807, 2.05) is 65.7 Å². The third-order valence-electron chi connectivity index (χ3n) is 6.71. The van der Waals surface area contributed by atoms with Crippen LogP contribution in [0.1, 0.15) is 21.5 Å². The van der Waals surface area contributed by atoms with Crippen LogP contribution < -0.4 is 0 Å². The number of pyridine rings is 1. The van der Waals surface area contributed by atoms with Crippen molar-refractivity contribution in [2.45, 2.75) is 17.5 Å². The summed E-state index contributed by atoms with van der Waals surface area (Å²) in [5.74, 6) is 0.911. The Morgan fingerprint density at radius 1 is 0.889 bits per heavy atom. The van der Waals surface area contributed by atoms with Gasteiger partial charge in [-0.2, -0.15) is 0 Å². The van der Waals surface area contributed by atoms with Crippen molar-refractivity contribution in [1.82, 2.24) is 24.8 Å². The lowest BCUT2D eigenvalue weighted by atomic mass is 10.1. The zero-order valence-electron chi connectivity index (χ0n) is 19.9. The number of H-pyrrole nitrogens is 1. The van der Waals surface area contributed by atoms with Crippen LogP contribution >= 0.6 is 11.8 Å². The second kappa shape index (κ2) is 10.1. The van der Waals surface area contributed by atoms with E-state index in [0.29, 0.717) is 0 Å². The number of thioether (sulfide) groups is 1. The fraction of sp³-hybridized carbons (Fsp3) is 0.207. The number of benzene rings is 3. The van der Waals surface area contributed by atoms with E-state index in [1.165, 1.54) is 16.5 Å². The van der Waals surface area contributed by atoms with Gasteiger partial charge in [-0.15, -0.1) is 0 Å². The van der Waals surface area contributed by atoms with Crippen LogP contribution in [0.5, 0.6) is 0 Å². The number of rotatable bonds is 6. The molecule has 0 aliphatic carbocycles. The molecule has 1 N–H and O–H groups in total. The molecule has 1 aliphatic heterocycles. The van der Waals surface area contributed by atoms with Gasteiger partial charge in [0, 0.05) is 55.6 Å². The number of piperazine rings is 1. The summed E-state index contributed by atoms with van der Waals surface area (Å²) in [6.45, 7) is 4.05. The maximum Gasteiger partial charge on any atom is 0.253 e. The summed E-state index contributed by atoms with van der Waals surface area (Å²) in [6, 6.07) is 26.5. The van der Waals surface area contributed by atoms with Crippen molar-refractivity contribution >= 4 is 39.6 Å². The number of para-hydroxylation sites is 3. The highest BCUT2D eigenvalue weighted by molar-refractivity contribution is 7.98. The Morgan fingerprint density at radius 2 is 1.69 bits per heavy atom. The summed E-state index contributed by atoms with van der Waals surface area (Å²) in [4.78, 5) is 30.0. The Balaban J connectivity index is 1.03. The van der Waals surface area contributed by atoms with Gasteiger partial charge in [-0.05, 0) is 41.5 Å². The van der Waals surface area contributed by atoms with Crippen LogP contribution in [0.25, 0.3) is 21.9 Å². The SMILES string of the molecule is O=C(c1ccc(CSc2nc3ccccc3[nH]2)cc1)N1CCN(Cc2cccc3cccnc23)CC1. The van der Waals surface area contributed by atoms with Crippen LogP contribution in [-0.2, 0) is 12.3 Å². The molecule has 1 aliphatic rings. The Bertz CT molecular complexity index is 1470. The summed E-state index contributed by atoms with van der Waals surface area (Å²) in [5, 5.41) is 2.08. The summed E-state index contributed by atoms with van der Waals surface area (Å²) in [6.07, 6.45) is 1.85. The van der Waals surface area contributed by atoms with E-state index >= 15 is 0 Å². The Kier molecular flexibility index (Phi) is 6.40. The first-order valence-corrected chi connectivity index (χ1v) is 13.2. The molecule has 36 heavy (non-hydrogen) atoms. The van der Waals surface area contributed by atoms with Crippen molar-refractivity contribution in [3.8, 4) is 0 Å². The number of fused-ring (bicyclic) bond motifs is 2. The molecule has 3 aromatic carbocycles. The highest BCUT2D eigenvalue weighted by Crippen LogP contribution is 2.24. The predicted octanol–water partition coefficient (Wildman–Crippen LogP) is 5.36. The molecular formula is C29H27N5OS. The minimum atomic E-state index is 0.109. The molecule has 0 atom stereocenters. The maximum absolute atomic E-state index is 13.1. The van der Waals surface area contributed by atoms with Crippen LogP contribution in [0, 0.1) is 0 Å². The fourth-order valence-corrected chi connectivity index (χ4v) is 5.56. The van der Waals surface area contributed by atoms with Gasteiger partial charge in [0.05, 0.1) is 16.6 Å². The minimum absolute atomic E-state index is 0.109. The fourth-order valence-electron chi connectivity index (χ4n) is 4.72. The van der Waals surface area contributed by atoms with E-state index in [-0.39, 0.29) is 5.91 Å². The van der Waals surface area contributed by atoms with Crippen LogP contribution in [-0.4, -0.2) is 56.8 Å². The van der Waals surface area contributed by atoms with Crippen molar-refractivity contribution in [2.75, 3.05) is 26.2 Å². The molecule has 1 saturated heterocycles. The van der Waals surface area contributed by atoms with Gasteiger partial charge < -0.3 is 9.88 Å². The Hall–Kier alpha value is -3.68. The quantitative estimate of drug-likeness (QED) is 0.323. The molecule has 0 bridgehead atoms. The molecule has 1 fully saturated rings. The van der Waals surface area contributed by atoms with Crippen molar-refractivity contribution < 1.29 is 4.79 Å². The minimum Gasteiger partial charge on any atom is -0.336 e. The van der Waals surface area contributed by atoms with E-state index in [9.17, 15) is 4.79 Å². The Morgan fingerprint density at radius 3 is 2.53 bits per heavy atom. The molecule has 6 rings (SSSR count). The molecular weight excluding hydrogens is 466 g/mol. The number of carbonyl (C=O) groups is 1. The van der Waals surface area contributed by atoms with Gasteiger partial charge in [0.15, 0.2) is 5.16 Å².